The van der Waals surface area contributed by atoms with Crippen LogP contribution in [0.4, 0.5) is 11.4 Å². The number of rotatable bonds is 28. The topological polar surface area (TPSA) is 250 Å². The predicted molar refractivity (Wildman–Crippen MR) is 343 cm³/mol. The number of aliphatic hydroxyl groups excluding tert-OH is 2. The minimum atomic E-state index is -4.09. The van der Waals surface area contributed by atoms with Crippen molar-refractivity contribution in [3.8, 4) is 11.4 Å². The summed E-state index contributed by atoms with van der Waals surface area (Å²) in [5, 5.41) is 31.1. The van der Waals surface area contributed by atoms with Gasteiger partial charge in [0.15, 0.2) is 11.4 Å². The Morgan fingerprint density at radius 3 is 1.48 bits per heavy atom. The van der Waals surface area contributed by atoms with Gasteiger partial charge in [0.2, 0.25) is 10.0 Å². The summed E-state index contributed by atoms with van der Waals surface area (Å²) < 4.78 is 60.7. The number of anilines is 2. The SMILES string of the molecule is CCCCN(CCCCCc1cc(C(=O)N(CCCC)CCCC)nn1-c1ccc(NS(=O)(=O)c2ccccc2)cc1C(=O)N1Cc2ccccc2C[C@H]1CO)C(=O)c1cc(C)n(-c2ccc(NS(C)(=O)=O)cc2C(=O)N2Cc3ccccc3C[C@H]2CO)n1. The van der Waals surface area contributed by atoms with E-state index < -0.39 is 43.9 Å². The number of carbonyl (C=O) groups excluding carboxylic acids is 4. The highest BCUT2D eigenvalue weighted by Gasteiger charge is 2.35. The Bertz CT molecular complexity index is 3880. The van der Waals surface area contributed by atoms with E-state index in [0.29, 0.717) is 87.5 Å². The van der Waals surface area contributed by atoms with Crippen LogP contribution in [0.15, 0.2) is 132 Å². The molecule has 2 aliphatic heterocycles. The summed E-state index contributed by atoms with van der Waals surface area (Å²) in [6.07, 6.45) is 9.01. The molecule has 22 heteroatoms. The maximum Gasteiger partial charge on any atom is 0.274 e. The van der Waals surface area contributed by atoms with Crippen LogP contribution in [0.1, 0.15) is 154 Å². The van der Waals surface area contributed by atoms with Crippen LogP contribution < -0.4 is 9.44 Å². The van der Waals surface area contributed by atoms with Gasteiger partial charge in [0.25, 0.3) is 33.7 Å². The van der Waals surface area contributed by atoms with Crippen molar-refractivity contribution in [2.75, 3.05) is 55.1 Å². The summed E-state index contributed by atoms with van der Waals surface area (Å²) in [5.41, 5.74) is 6.65. The van der Waals surface area contributed by atoms with Crippen molar-refractivity contribution in [3.63, 3.8) is 0 Å². The zero-order chi connectivity index (χ0) is 63.4. The van der Waals surface area contributed by atoms with E-state index >= 15 is 4.79 Å². The maximum absolute atomic E-state index is 15.3. The molecule has 0 aliphatic carbocycles. The van der Waals surface area contributed by atoms with Crippen molar-refractivity contribution >= 4 is 55.1 Å². The molecule has 2 aliphatic rings. The minimum absolute atomic E-state index is 0.0367. The van der Waals surface area contributed by atoms with Crippen LogP contribution in [0.25, 0.3) is 11.4 Å². The number of fused-ring (bicyclic) bond motifs is 2. The molecule has 5 aromatic carbocycles. The molecule has 9 rings (SSSR count). The maximum atomic E-state index is 15.3. The molecule has 7 aromatic rings. The third kappa shape index (κ3) is 15.6. The summed E-state index contributed by atoms with van der Waals surface area (Å²) in [4.78, 5) is 66.2. The molecule has 472 valence electrons. The summed E-state index contributed by atoms with van der Waals surface area (Å²) >= 11 is 0. The number of hydrogen-bond acceptors (Lipinski definition) is 12. The van der Waals surface area contributed by atoms with Gasteiger partial charge >= 0.3 is 0 Å². The normalized spacial score (nSPS) is 14.9. The van der Waals surface area contributed by atoms with E-state index in [-0.39, 0.29) is 76.9 Å². The zero-order valence-electron chi connectivity index (χ0n) is 51.5. The molecule has 0 unspecified atom stereocenters. The van der Waals surface area contributed by atoms with Gasteiger partial charge in [0, 0.05) is 62.0 Å². The molecule has 20 nitrogen and oxygen atoms in total. The largest absolute Gasteiger partial charge is 0.394 e. The van der Waals surface area contributed by atoms with E-state index in [1.165, 1.54) is 35.0 Å². The number of unbranched alkanes of at least 4 members (excludes halogenated alkanes) is 5. The van der Waals surface area contributed by atoms with Crippen LogP contribution in [0, 0.1) is 6.92 Å². The number of nitrogens with zero attached hydrogens (tertiary/aromatic N) is 8. The number of carbonyl (C=O) groups is 4. The van der Waals surface area contributed by atoms with E-state index in [4.69, 9.17) is 10.2 Å². The number of aromatic nitrogens is 4. The summed E-state index contributed by atoms with van der Waals surface area (Å²) in [6, 6.07) is 35.1. The van der Waals surface area contributed by atoms with Gasteiger partial charge in [-0.3, -0.25) is 28.6 Å². The van der Waals surface area contributed by atoms with E-state index in [1.807, 2.05) is 60.4 Å². The average Bonchev–Trinajstić information content (AvgIpc) is 2.14. The van der Waals surface area contributed by atoms with Crippen LogP contribution in [0.2, 0.25) is 0 Å². The fourth-order valence-corrected chi connectivity index (χ4v) is 13.4. The molecule has 0 bridgehead atoms. The molecule has 0 spiro atoms. The molecule has 4 heterocycles. The highest BCUT2D eigenvalue weighted by molar-refractivity contribution is 7.92. The Kier molecular flexibility index (Phi) is 21.6. The second-order valence-electron chi connectivity index (χ2n) is 23.2. The zero-order valence-corrected chi connectivity index (χ0v) is 53.1. The van der Waals surface area contributed by atoms with Gasteiger partial charge in [0.05, 0.1) is 59.0 Å². The lowest BCUT2D eigenvalue weighted by Gasteiger charge is -2.36. The molecule has 0 fully saturated rings. The monoisotopic (exact) mass is 1250 g/mol. The molecule has 0 radical (unpaired) electrons. The second kappa shape index (κ2) is 29.4. The number of benzene rings is 5. The van der Waals surface area contributed by atoms with E-state index in [9.17, 15) is 41.4 Å². The lowest BCUT2D eigenvalue weighted by atomic mass is 9.93. The van der Waals surface area contributed by atoms with Gasteiger partial charge in [-0.2, -0.15) is 10.2 Å². The highest BCUT2D eigenvalue weighted by atomic mass is 32.2. The molecule has 4 N–H and O–H groups in total. The van der Waals surface area contributed by atoms with Gasteiger partial charge in [-0.25, -0.2) is 26.2 Å². The second-order valence-corrected chi connectivity index (χ2v) is 26.6. The van der Waals surface area contributed by atoms with E-state index in [2.05, 4.69) is 23.3 Å². The first-order valence-corrected chi connectivity index (χ1v) is 34.3. The van der Waals surface area contributed by atoms with Crippen molar-refractivity contribution in [2.45, 2.75) is 135 Å². The summed E-state index contributed by atoms with van der Waals surface area (Å²) in [7, 11) is -7.83. The quantitative estimate of drug-likeness (QED) is 0.0335. The molecular formula is C67H82N10O10S2. The molecular weight excluding hydrogens is 1170 g/mol. The van der Waals surface area contributed by atoms with E-state index in [0.717, 1.165) is 67.0 Å². The number of hydrogen-bond donors (Lipinski definition) is 4. The van der Waals surface area contributed by atoms with Crippen molar-refractivity contribution in [1.82, 2.24) is 39.2 Å². The first-order valence-electron chi connectivity index (χ1n) is 30.9. The number of sulfonamides is 2. The average molecular weight is 1250 g/mol. The Hall–Kier alpha value is -8.18. The van der Waals surface area contributed by atoms with Crippen LogP contribution in [-0.2, 0) is 52.4 Å². The highest BCUT2D eigenvalue weighted by Crippen LogP contribution is 2.33. The van der Waals surface area contributed by atoms with Gasteiger partial charge in [-0.15, -0.1) is 0 Å². The Morgan fingerprint density at radius 2 is 0.989 bits per heavy atom. The third-order valence-corrected chi connectivity index (χ3v) is 18.6. The van der Waals surface area contributed by atoms with Crippen LogP contribution in [0.5, 0.6) is 0 Å². The van der Waals surface area contributed by atoms with Gasteiger partial charge in [0.1, 0.15) is 0 Å². The number of aryl methyl sites for hydroxylation is 2. The fraction of sp³-hybridized carbons (Fsp3) is 0.403. The van der Waals surface area contributed by atoms with Gasteiger partial charge in [-0.05, 0) is 141 Å². The minimum Gasteiger partial charge on any atom is -0.394 e. The molecule has 0 saturated heterocycles. The number of amides is 4. The van der Waals surface area contributed by atoms with Crippen LogP contribution >= 0.6 is 0 Å². The Morgan fingerprint density at radius 1 is 0.539 bits per heavy atom. The molecule has 0 saturated carbocycles. The molecule has 2 aromatic heterocycles. The van der Waals surface area contributed by atoms with Crippen molar-refractivity contribution in [3.05, 3.63) is 184 Å². The summed E-state index contributed by atoms with van der Waals surface area (Å²) in [5.74, 6) is -1.45. The van der Waals surface area contributed by atoms with Crippen LogP contribution in [-0.4, -0.2) is 148 Å². The summed E-state index contributed by atoms with van der Waals surface area (Å²) in [6.45, 7) is 9.71. The smallest absolute Gasteiger partial charge is 0.274 e. The van der Waals surface area contributed by atoms with Crippen molar-refractivity contribution < 1.29 is 46.2 Å². The molecule has 4 amide bonds. The van der Waals surface area contributed by atoms with Gasteiger partial charge < -0.3 is 29.8 Å². The van der Waals surface area contributed by atoms with E-state index in [1.54, 1.807) is 74.8 Å². The fourth-order valence-electron chi connectivity index (χ4n) is 11.7. The van der Waals surface area contributed by atoms with Gasteiger partial charge in [-0.1, -0.05) is 113 Å². The Labute approximate surface area is 522 Å². The lowest BCUT2D eigenvalue weighted by Crippen LogP contribution is -2.46. The van der Waals surface area contributed by atoms with Crippen molar-refractivity contribution in [1.29, 1.82) is 0 Å². The first-order chi connectivity index (χ1) is 42.8. The lowest BCUT2D eigenvalue weighted by molar-refractivity contribution is 0.0539. The molecule has 89 heavy (non-hydrogen) atoms. The van der Waals surface area contributed by atoms with Crippen molar-refractivity contribution in [2.24, 2.45) is 0 Å². The van der Waals surface area contributed by atoms with Crippen LogP contribution in [0.3, 0.4) is 0 Å². The predicted octanol–water partition coefficient (Wildman–Crippen LogP) is 9.36. The standard InChI is InChI=1S/C67H82N10O10S2/c1-6-9-33-72(34-10-7-2)67(83)61-42-54(77(69-61)63-32-30-53(71-89(86,87)57-27-15-12-16-28-57)41-59(63)65(81)75-44-51-25-20-18-23-49(51)39-56(75)46-79)26-14-13-21-36-73(35-11-8-3)66(82)60-37-47(4)76(68-60)62-31-29-52(70-88(5,84)85)40-58(62)64(80)74-43-50-24-19-17-22-48(50)38-55(74)45-78/h12,15-20,22-25,27-32,37,40-42,55-56,70-71,78-79H,6-11,13-14,21,26,33-36,38-39,43-46H2,1-5H3/t55-,56-/m0/s1. The number of aliphatic hydroxyl groups is 2. The number of nitrogens with one attached hydrogen (secondary N) is 2. The first kappa shape index (κ1) is 65.3. The third-order valence-electron chi connectivity index (χ3n) is 16.6. The Balaban J connectivity index is 0.997. The molecule has 2 atom stereocenters.